The molecule has 0 unspecified atom stereocenters. The van der Waals surface area contributed by atoms with Crippen molar-refractivity contribution in [3.63, 3.8) is 0 Å². The van der Waals surface area contributed by atoms with Crippen molar-refractivity contribution in [1.29, 1.82) is 0 Å². The van der Waals surface area contributed by atoms with Crippen molar-refractivity contribution in [1.82, 2.24) is 10.3 Å². The summed E-state index contributed by atoms with van der Waals surface area (Å²) in [5.74, 6) is 0.891. The van der Waals surface area contributed by atoms with E-state index >= 15 is 0 Å². The molecule has 0 radical (unpaired) electrons. The van der Waals surface area contributed by atoms with E-state index < -0.39 is 0 Å². The van der Waals surface area contributed by atoms with E-state index in [0.717, 1.165) is 41.4 Å². The molecule has 3 nitrogen and oxygen atoms in total. The number of H-pyrrole nitrogens is 1. The Morgan fingerprint density at radius 2 is 2.00 bits per heavy atom. The first-order chi connectivity index (χ1) is 11.8. The van der Waals surface area contributed by atoms with Crippen molar-refractivity contribution < 1.29 is 4.74 Å². The van der Waals surface area contributed by atoms with Crippen LogP contribution in [0.1, 0.15) is 11.1 Å². The van der Waals surface area contributed by atoms with E-state index in [1.165, 1.54) is 10.9 Å². The van der Waals surface area contributed by atoms with Gasteiger partial charge < -0.3 is 15.0 Å². The summed E-state index contributed by atoms with van der Waals surface area (Å²) in [6, 6.07) is 13.9. The summed E-state index contributed by atoms with van der Waals surface area (Å²) in [6.07, 6.45) is 7.28. The van der Waals surface area contributed by atoms with Gasteiger partial charge in [-0.05, 0) is 54.4 Å². The standard InChI is InChI=1S/C20H21ClN2O/c1-24-18-8-9-20-19(13-18)16(14-23-20)10-12-22-11-2-3-15-4-6-17(21)7-5-15/h2-9,13-14,22-23H,10-12H2,1H3. The van der Waals surface area contributed by atoms with Gasteiger partial charge in [-0.2, -0.15) is 0 Å². The first-order valence-electron chi connectivity index (χ1n) is 8.03. The molecular formula is C20H21ClN2O. The molecular weight excluding hydrogens is 320 g/mol. The zero-order chi connectivity index (χ0) is 16.8. The average Bonchev–Trinajstić information content (AvgIpc) is 3.01. The Balaban J connectivity index is 1.49. The fourth-order valence-electron chi connectivity index (χ4n) is 2.67. The highest BCUT2D eigenvalue weighted by Crippen LogP contribution is 2.23. The zero-order valence-electron chi connectivity index (χ0n) is 13.7. The van der Waals surface area contributed by atoms with Gasteiger partial charge in [0.2, 0.25) is 0 Å². The predicted molar refractivity (Wildman–Crippen MR) is 102 cm³/mol. The molecule has 0 fully saturated rings. The topological polar surface area (TPSA) is 37.0 Å². The Kier molecular flexibility index (Phi) is 5.57. The molecule has 1 heterocycles. The third-order valence-corrected chi connectivity index (χ3v) is 4.24. The third kappa shape index (κ3) is 4.19. The lowest BCUT2D eigenvalue weighted by atomic mass is 10.1. The van der Waals surface area contributed by atoms with Crippen molar-refractivity contribution in [2.24, 2.45) is 0 Å². The second-order valence-corrected chi connectivity index (χ2v) is 6.07. The molecule has 124 valence electrons. The van der Waals surface area contributed by atoms with Crippen LogP contribution in [0.4, 0.5) is 0 Å². The largest absolute Gasteiger partial charge is 0.497 e. The number of aromatic amines is 1. The number of benzene rings is 2. The quantitative estimate of drug-likeness (QED) is 0.613. The number of rotatable bonds is 7. The molecule has 0 bridgehead atoms. The summed E-state index contributed by atoms with van der Waals surface area (Å²) in [5.41, 5.74) is 3.61. The van der Waals surface area contributed by atoms with Crippen LogP contribution in [-0.2, 0) is 6.42 Å². The van der Waals surface area contributed by atoms with E-state index in [1.54, 1.807) is 7.11 Å². The van der Waals surface area contributed by atoms with Crippen LogP contribution in [0.25, 0.3) is 17.0 Å². The summed E-state index contributed by atoms with van der Waals surface area (Å²) in [5, 5.41) is 5.43. The van der Waals surface area contributed by atoms with Gasteiger partial charge >= 0.3 is 0 Å². The maximum atomic E-state index is 5.88. The number of halogens is 1. The molecule has 0 aliphatic heterocycles. The van der Waals surface area contributed by atoms with Gasteiger partial charge in [0, 0.05) is 28.7 Å². The smallest absolute Gasteiger partial charge is 0.119 e. The van der Waals surface area contributed by atoms with Gasteiger partial charge in [-0.3, -0.25) is 0 Å². The van der Waals surface area contributed by atoms with E-state index in [1.807, 2.05) is 30.3 Å². The van der Waals surface area contributed by atoms with Gasteiger partial charge in [-0.15, -0.1) is 0 Å². The monoisotopic (exact) mass is 340 g/mol. The number of methoxy groups -OCH3 is 1. The molecule has 2 aromatic carbocycles. The van der Waals surface area contributed by atoms with Gasteiger partial charge in [-0.1, -0.05) is 35.9 Å². The molecule has 24 heavy (non-hydrogen) atoms. The molecule has 4 heteroatoms. The van der Waals surface area contributed by atoms with Crippen molar-refractivity contribution in [3.05, 3.63) is 70.9 Å². The summed E-state index contributed by atoms with van der Waals surface area (Å²) in [6.45, 7) is 1.77. The van der Waals surface area contributed by atoms with Crippen LogP contribution in [0.15, 0.2) is 54.7 Å². The Bertz CT molecular complexity index is 821. The Morgan fingerprint density at radius 1 is 1.17 bits per heavy atom. The molecule has 0 atom stereocenters. The van der Waals surface area contributed by atoms with Gasteiger partial charge in [-0.25, -0.2) is 0 Å². The maximum absolute atomic E-state index is 5.88. The van der Waals surface area contributed by atoms with Crippen LogP contribution in [-0.4, -0.2) is 25.2 Å². The lowest BCUT2D eigenvalue weighted by Crippen LogP contribution is -2.16. The molecule has 0 aliphatic rings. The fourth-order valence-corrected chi connectivity index (χ4v) is 2.79. The number of hydrogen-bond donors (Lipinski definition) is 2. The van der Waals surface area contributed by atoms with Crippen LogP contribution in [0.2, 0.25) is 5.02 Å². The van der Waals surface area contributed by atoms with Gasteiger partial charge in [0.25, 0.3) is 0 Å². The zero-order valence-corrected chi connectivity index (χ0v) is 14.4. The lowest BCUT2D eigenvalue weighted by Gasteiger charge is -2.03. The summed E-state index contributed by atoms with van der Waals surface area (Å²) in [7, 11) is 1.70. The summed E-state index contributed by atoms with van der Waals surface area (Å²) < 4.78 is 5.31. The van der Waals surface area contributed by atoms with Crippen molar-refractivity contribution in [3.8, 4) is 5.75 Å². The van der Waals surface area contributed by atoms with Crippen LogP contribution >= 0.6 is 11.6 Å². The molecule has 0 aliphatic carbocycles. The minimum absolute atomic E-state index is 0.764. The Hall–Kier alpha value is -2.23. The van der Waals surface area contributed by atoms with Crippen molar-refractivity contribution in [2.45, 2.75) is 6.42 Å². The van der Waals surface area contributed by atoms with Crippen LogP contribution in [0, 0.1) is 0 Å². The normalized spacial score (nSPS) is 11.4. The highest BCUT2D eigenvalue weighted by atomic mass is 35.5. The second-order valence-electron chi connectivity index (χ2n) is 5.63. The summed E-state index contributed by atoms with van der Waals surface area (Å²) in [4.78, 5) is 3.31. The Labute approximate surface area is 147 Å². The number of nitrogens with one attached hydrogen (secondary N) is 2. The number of hydrogen-bond acceptors (Lipinski definition) is 2. The van der Waals surface area contributed by atoms with E-state index in [4.69, 9.17) is 16.3 Å². The number of aromatic nitrogens is 1. The van der Waals surface area contributed by atoms with Crippen LogP contribution < -0.4 is 10.1 Å². The van der Waals surface area contributed by atoms with Gasteiger partial charge in [0.05, 0.1) is 7.11 Å². The molecule has 3 rings (SSSR count). The van der Waals surface area contributed by atoms with Crippen molar-refractivity contribution in [2.75, 3.05) is 20.2 Å². The summed E-state index contributed by atoms with van der Waals surface area (Å²) >= 11 is 5.88. The molecule has 0 saturated carbocycles. The molecule has 0 amide bonds. The minimum atomic E-state index is 0.764. The van der Waals surface area contributed by atoms with Crippen molar-refractivity contribution >= 4 is 28.6 Å². The number of ether oxygens (including phenoxy) is 1. The third-order valence-electron chi connectivity index (χ3n) is 3.99. The highest BCUT2D eigenvalue weighted by molar-refractivity contribution is 6.30. The first-order valence-corrected chi connectivity index (χ1v) is 8.41. The molecule has 0 spiro atoms. The second kappa shape index (κ2) is 8.04. The molecule has 0 saturated heterocycles. The highest BCUT2D eigenvalue weighted by Gasteiger charge is 2.04. The first kappa shape index (κ1) is 16.6. The molecule has 2 N–H and O–H groups in total. The predicted octanol–water partition coefficient (Wildman–Crippen LogP) is 4.68. The van der Waals surface area contributed by atoms with Gasteiger partial charge in [0.1, 0.15) is 5.75 Å². The maximum Gasteiger partial charge on any atom is 0.119 e. The van der Waals surface area contributed by atoms with Crippen LogP contribution in [0.5, 0.6) is 5.75 Å². The molecule has 1 aromatic heterocycles. The Morgan fingerprint density at radius 3 is 2.79 bits per heavy atom. The van der Waals surface area contributed by atoms with E-state index in [2.05, 4.69) is 40.8 Å². The van der Waals surface area contributed by atoms with E-state index in [-0.39, 0.29) is 0 Å². The van der Waals surface area contributed by atoms with E-state index in [9.17, 15) is 0 Å². The van der Waals surface area contributed by atoms with Gasteiger partial charge in [0.15, 0.2) is 0 Å². The average molecular weight is 341 g/mol. The minimum Gasteiger partial charge on any atom is -0.497 e. The lowest BCUT2D eigenvalue weighted by molar-refractivity contribution is 0.415. The number of fused-ring (bicyclic) bond motifs is 1. The SMILES string of the molecule is COc1ccc2[nH]cc(CCNCC=Cc3ccc(Cl)cc3)c2c1. The fraction of sp³-hybridized carbons (Fsp3) is 0.200. The molecule has 3 aromatic rings. The van der Waals surface area contributed by atoms with Crippen LogP contribution in [0.3, 0.4) is 0 Å². The van der Waals surface area contributed by atoms with E-state index in [0.29, 0.717) is 0 Å².